The second kappa shape index (κ2) is 6.63. The van der Waals surface area contributed by atoms with Gasteiger partial charge in [0.05, 0.1) is 12.2 Å². The summed E-state index contributed by atoms with van der Waals surface area (Å²) in [5.74, 6) is -0.484. The maximum absolute atomic E-state index is 12.1. The van der Waals surface area contributed by atoms with Crippen LogP contribution in [0.1, 0.15) is 27.9 Å². The Morgan fingerprint density at radius 1 is 1.46 bits per heavy atom. The lowest BCUT2D eigenvalue weighted by Crippen LogP contribution is -2.11. The van der Waals surface area contributed by atoms with Gasteiger partial charge in [-0.3, -0.25) is 4.68 Å². The molecular weight excluding hydrogens is 346 g/mol. The lowest BCUT2D eigenvalue weighted by atomic mass is 10.2. The van der Waals surface area contributed by atoms with Crippen LogP contribution in [-0.4, -0.2) is 21.9 Å². The minimum atomic E-state index is -0.769. The van der Waals surface area contributed by atoms with Crippen LogP contribution in [-0.2, 0) is 11.3 Å². The summed E-state index contributed by atoms with van der Waals surface area (Å²) in [7, 11) is 0. The molecule has 0 aliphatic heterocycles. The molecule has 0 aliphatic carbocycles. The van der Waals surface area contributed by atoms with Crippen molar-refractivity contribution in [1.29, 1.82) is 5.26 Å². The lowest BCUT2D eigenvalue weighted by Gasteiger charge is -2.04. The van der Waals surface area contributed by atoms with Crippen LogP contribution in [0, 0.1) is 18.3 Å². The van der Waals surface area contributed by atoms with Crippen molar-refractivity contribution in [1.82, 2.24) is 9.78 Å². The van der Waals surface area contributed by atoms with Crippen LogP contribution < -0.4 is 0 Å². The molecule has 0 radical (unpaired) electrons. The summed E-state index contributed by atoms with van der Waals surface area (Å²) < 4.78 is 6.93. The number of esters is 1. The molecule has 0 saturated heterocycles. The number of aryl methyl sites for hydroxylation is 1. The van der Waals surface area contributed by atoms with Crippen molar-refractivity contribution in [2.45, 2.75) is 26.5 Å². The Labute approximate surface area is 148 Å². The van der Waals surface area contributed by atoms with Crippen LogP contribution in [0.4, 0.5) is 0 Å². The van der Waals surface area contributed by atoms with Gasteiger partial charge in [0, 0.05) is 10.4 Å². The van der Waals surface area contributed by atoms with Crippen molar-refractivity contribution >= 4 is 39.1 Å². The number of benzene rings is 1. The van der Waals surface area contributed by atoms with Crippen LogP contribution in [0.2, 0.25) is 5.02 Å². The molecule has 122 valence electrons. The molecule has 3 aromatic rings. The number of nitriles is 1. The third kappa shape index (κ3) is 3.28. The van der Waals surface area contributed by atoms with Crippen LogP contribution in [0.3, 0.4) is 0 Å². The molecule has 0 N–H and O–H groups in total. The molecule has 24 heavy (non-hydrogen) atoms. The molecular formula is C17H14ClN3O2S. The molecule has 0 fully saturated rings. The van der Waals surface area contributed by atoms with Crippen molar-refractivity contribution in [2.24, 2.45) is 0 Å². The van der Waals surface area contributed by atoms with Crippen molar-refractivity contribution in [3.05, 3.63) is 51.5 Å². The van der Waals surface area contributed by atoms with Gasteiger partial charge >= 0.3 is 5.97 Å². The van der Waals surface area contributed by atoms with Crippen LogP contribution in [0.25, 0.3) is 10.2 Å². The SMILES string of the molecule is Cc1nn(Cc2ccc(Cl)cc2)c2sc(C(=O)O[C@@H](C)C#N)cc12. The molecule has 2 heterocycles. The molecule has 0 saturated carbocycles. The van der Waals surface area contributed by atoms with Crippen LogP contribution in [0.15, 0.2) is 30.3 Å². The number of carbonyl (C=O) groups excluding carboxylic acids is 1. The highest BCUT2D eigenvalue weighted by molar-refractivity contribution is 7.20. The highest BCUT2D eigenvalue weighted by atomic mass is 35.5. The van der Waals surface area contributed by atoms with Gasteiger partial charge in [-0.25, -0.2) is 4.79 Å². The fourth-order valence-corrected chi connectivity index (χ4v) is 3.50. The highest BCUT2D eigenvalue weighted by Gasteiger charge is 2.19. The van der Waals surface area contributed by atoms with Gasteiger partial charge in [-0.05, 0) is 37.6 Å². The summed E-state index contributed by atoms with van der Waals surface area (Å²) in [5, 5.41) is 14.9. The fraction of sp³-hybridized carbons (Fsp3) is 0.235. The van der Waals surface area contributed by atoms with Gasteiger partial charge < -0.3 is 4.74 Å². The topological polar surface area (TPSA) is 67.9 Å². The molecule has 2 aromatic heterocycles. The Kier molecular flexibility index (Phi) is 4.56. The zero-order valence-corrected chi connectivity index (χ0v) is 14.7. The van der Waals surface area contributed by atoms with Gasteiger partial charge in [0.15, 0.2) is 6.10 Å². The predicted octanol–water partition coefficient (Wildman–Crippen LogP) is 4.18. The summed E-state index contributed by atoms with van der Waals surface area (Å²) >= 11 is 7.23. The number of nitrogens with zero attached hydrogens (tertiary/aromatic N) is 3. The van der Waals surface area contributed by atoms with Crippen molar-refractivity contribution in [3.8, 4) is 6.07 Å². The van der Waals surface area contributed by atoms with Gasteiger partial charge in [-0.2, -0.15) is 10.4 Å². The van der Waals surface area contributed by atoms with E-state index >= 15 is 0 Å². The van der Waals surface area contributed by atoms with Gasteiger partial charge in [0.1, 0.15) is 15.8 Å². The summed E-state index contributed by atoms with van der Waals surface area (Å²) in [6, 6.07) is 11.2. The highest BCUT2D eigenvalue weighted by Crippen LogP contribution is 2.29. The number of thiophene rings is 1. The molecule has 0 aliphatic rings. The number of ether oxygens (including phenoxy) is 1. The zero-order chi connectivity index (χ0) is 17.3. The van der Waals surface area contributed by atoms with Gasteiger partial charge in [0.25, 0.3) is 0 Å². The van der Waals surface area contributed by atoms with E-state index in [1.54, 1.807) is 13.0 Å². The maximum atomic E-state index is 12.1. The Morgan fingerprint density at radius 2 is 2.17 bits per heavy atom. The second-order valence-corrected chi connectivity index (χ2v) is 6.84. The van der Waals surface area contributed by atoms with E-state index in [1.165, 1.54) is 11.3 Å². The van der Waals surface area contributed by atoms with E-state index in [2.05, 4.69) is 5.10 Å². The first kappa shape index (κ1) is 16.5. The number of hydrogen-bond donors (Lipinski definition) is 0. The number of carbonyl (C=O) groups is 1. The Morgan fingerprint density at radius 3 is 2.83 bits per heavy atom. The number of halogens is 1. The standard InChI is InChI=1S/C17H14ClN3O2S/c1-10(8-19)23-17(22)15-7-14-11(2)20-21(16(14)24-15)9-12-3-5-13(18)6-4-12/h3-7,10H,9H2,1-2H3/t10-/m0/s1. The van der Waals surface area contributed by atoms with E-state index in [1.807, 2.05) is 41.9 Å². The van der Waals surface area contributed by atoms with E-state index in [0.29, 0.717) is 16.4 Å². The molecule has 0 amide bonds. The van der Waals surface area contributed by atoms with Crippen LogP contribution in [0.5, 0.6) is 0 Å². The molecule has 3 rings (SSSR count). The Hall–Kier alpha value is -2.36. The smallest absolute Gasteiger partial charge is 0.349 e. The van der Waals surface area contributed by atoms with E-state index < -0.39 is 12.1 Å². The quantitative estimate of drug-likeness (QED) is 0.655. The molecule has 0 spiro atoms. The number of hydrogen-bond acceptors (Lipinski definition) is 5. The minimum Gasteiger partial charge on any atom is -0.443 e. The largest absolute Gasteiger partial charge is 0.443 e. The molecule has 0 unspecified atom stereocenters. The van der Waals surface area contributed by atoms with E-state index in [4.69, 9.17) is 21.6 Å². The predicted molar refractivity (Wildman–Crippen MR) is 93.4 cm³/mol. The molecule has 0 bridgehead atoms. The minimum absolute atomic E-state index is 0.470. The normalized spacial score (nSPS) is 12.1. The number of aromatic nitrogens is 2. The van der Waals surface area contributed by atoms with E-state index in [0.717, 1.165) is 21.5 Å². The summed E-state index contributed by atoms with van der Waals surface area (Å²) in [5.41, 5.74) is 1.92. The number of fused-ring (bicyclic) bond motifs is 1. The third-order valence-corrected chi connectivity index (χ3v) is 4.90. The maximum Gasteiger partial charge on any atom is 0.349 e. The van der Waals surface area contributed by atoms with Crippen molar-refractivity contribution in [3.63, 3.8) is 0 Å². The molecule has 1 aromatic carbocycles. The first-order valence-electron chi connectivity index (χ1n) is 7.30. The van der Waals surface area contributed by atoms with E-state index in [-0.39, 0.29) is 0 Å². The van der Waals surface area contributed by atoms with Gasteiger partial charge in [-0.15, -0.1) is 11.3 Å². The summed E-state index contributed by atoms with van der Waals surface area (Å²) in [4.78, 5) is 13.5. The lowest BCUT2D eigenvalue weighted by molar-refractivity contribution is 0.0441. The van der Waals surface area contributed by atoms with Crippen molar-refractivity contribution in [2.75, 3.05) is 0 Å². The van der Waals surface area contributed by atoms with Gasteiger partial charge in [0.2, 0.25) is 0 Å². The first-order valence-corrected chi connectivity index (χ1v) is 8.49. The Bertz CT molecular complexity index is 937. The molecule has 1 atom stereocenters. The zero-order valence-electron chi connectivity index (χ0n) is 13.1. The van der Waals surface area contributed by atoms with Gasteiger partial charge in [-0.1, -0.05) is 23.7 Å². The summed E-state index contributed by atoms with van der Waals surface area (Å²) in [6.45, 7) is 4.03. The average Bonchev–Trinajstić information content (AvgIpc) is 3.11. The van der Waals surface area contributed by atoms with Crippen molar-refractivity contribution < 1.29 is 9.53 Å². The number of rotatable bonds is 4. The van der Waals surface area contributed by atoms with Crippen LogP contribution >= 0.6 is 22.9 Å². The molecule has 7 heteroatoms. The average molecular weight is 360 g/mol. The fourth-order valence-electron chi connectivity index (χ4n) is 2.33. The monoisotopic (exact) mass is 359 g/mol. The molecule has 5 nitrogen and oxygen atoms in total. The second-order valence-electron chi connectivity index (χ2n) is 5.38. The first-order chi connectivity index (χ1) is 11.5. The third-order valence-electron chi connectivity index (χ3n) is 3.52. The summed E-state index contributed by atoms with van der Waals surface area (Å²) in [6.07, 6.45) is -0.769. The van der Waals surface area contributed by atoms with E-state index in [9.17, 15) is 4.79 Å². The Balaban J connectivity index is 1.91.